The standard InChI is InChI=1S/C20H18F3N3O4S/c21-12-6-10(7-13(22)16(12)23)14-8-26(25-24-14)17-18(28)15(9-27)30-20(19(17)29)31-11-4-2-1-3-5-11/h1-8,15,17-20,27-29H,9H2/t15-,17+,18+,19-,20-/m1/s1. The van der Waals surface area contributed by atoms with Gasteiger partial charge in [-0.25, -0.2) is 17.9 Å². The summed E-state index contributed by atoms with van der Waals surface area (Å²) in [6.45, 7) is -0.508. The van der Waals surface area contributed by atoms with E-state index in [0.717, 1.165) is 21.7 Å². The van der Waals surface area contributed by atoms with Crippen molar-refractivity contribution in [2.45, 2.75) is 34.7 Å². The third-order valence-corrected chi connectivity index (χ3v) is 6.11. The van der Waals surface area contributed by atoms with Crippen molar-refractivity contribution in [1.82, 2.24) is 15.0 Å². The lowest BCUT2D eigenvalue weighted by molar-refractivity contribution is -0.178. The van der Waals surface area contributed by atoms with Crippen LogP contribution in [0.25, 0.3) is 11.3 Å². The van der Waals surface area contributed by atoms with Crippen LogP contribution in [-0.2, 0) is 4.74 Å². The minimum absolute atomic E-state index is 0.0107. The highest BCUT2D eigenvalue weighted by atomic mass is 32.2. The summed E-state index contributed by atoms with van der Waals surface area (Å²) in [5, 5.41) is 38.8. The first-order chi connectivity index (χ1) is 14.9. The van der Waals surface area contributed by atoms with Crippen molar-refractivity contribution >= 4 is 11.8 Å². The molecule has 3 N–H and O–H groups in total. The van der Waals surface area contributed by atoms with E-state index in [1.165, 1.54) is 18.0 Å². The van der Waals surface area contributed by atoms with Crippen LogP contribution in [0.2, 0.25) is 0 Å². The maximum atomic E-state index is 13.6. The fourth-order valence-electron chi connectivity index (χ4n) is 3.37. The average molecular weight is 453 g/mol. The van der Waals surface area contributed by atoms with Crippen molar-refractivity contribution in [3.05, 3.63) is 66.1 Å². The van der Waals surface area contributed by atoms with E-state index in [9.17, 15) is 28.5 Å². The molecule has 0 radical (unpaired) electrons. The number of hydrogen-bond acceptors (Lipinski definition) is 7. The fourth-order valence-corrected chi connectivity index (χ4v) is 4.45. The third kappa shape index (κ3) is 4.32. The van der Waals surface area contributed by atoms with Gasteiger partial charge in [0.05, 0.1) is 12.8 Å². The highest BCUT2D eigenvalue weighted by Gasteiger charge is 2.46. The molecule has 11 heteroatoms. The van der Waals surface area contributed by atoms with E-state index in [1.807, 2.05) is 30.3 Å². The van der Waals surface area contributed by atoms with Crippen molar-refractivity contribution < 1.29 is 33.2 Å². The Kier molecular flexibility index (Phi) is 6.30. The lowest BCUT2D eigenvalue weighted by atomic mass is 9.97. The van der Waals surface area contributed by atoms with E-state index < -0.39 is 53.8 Å². The molecule has 1 aliphatic rings. The van der Waals surface area contributed by atoms with Crippen molar-refractivity contribution in [2.24, 2.45) is 0 Å². The second-order valence-electron chi connectivity index (χ2n) is 6.97. The molecule has 1 fully saturated rings. The van der Waals surface area contributed by atoms with E-state index >= 15 is 0 Å². The summed E-state index contributed by atoms with van der Waals surface area (Å²) in [6, 6.07) is 9.59. The van der Waals surface area contributed by atoms with Crippen LogP contribution in [0.3, 0.4) is 0 Å². The van der Waals surface area contributed by atoms with Gasteiger partial charge in [0.25, 0.3) is 0 Å². The Bertz CT molecular complexity index is 1030. The zero-order valence-electron chi connectivity index (χ0n) is 15.8. The van der Waals surface area contributed by atoms with Gasteiger partial charge in [0.15, 0.2) is 17.5 Å². The third-order valence-electron chi connectivity index (χ3n) is 4.94. The summed E-state index contributed by atoms with van der Waals surface area (Å²) in [6.07, 6.45) is -2.35. The van der Waals surface area contributed by atoms with E-state index in [1.54, 1.807) is 0 Å². The van der Waals surface area contributed by atoms with Gasteiger partial charge >= 0.3 is 0 Å². The van der Waals surface area contributed by atoms with Crippen LogP contribution in [0.5, 0.6) is 0 Å². The molecule has 0 unspecified atom stereocenters. The number of halogens is 3. The molecule has 31 heavy (non-hydrogen) atoms. The molecule has 1 aliphatic heterocycles. The molecule has 4 rings (SSSR count). The Morgan fingerprint density at radius 3 is 2.35 bits per heavy atom. The number of aromatic nitrogens is 3. The predicted molar refractivity (Wildman–Crippen MR) is 104 cm³/mol. The van der Waals surface area contributed by atoms with E-state index in [4.69, 9.17) is 4.74 Å². The lowest BCUT2D eigenvalue weighted by Gasteiger charge is -2.41. The van der Waals surface area contributed by atoms with Gasteiger partial charge in [-0.2, -0.15) is 0 Å². The normalized spacial score (nSPS) is 26.2. The minimum Gasteiger partial charge on any atom is -0.394 e. The van der Waals surface area contributed by atoms with Gasteiger partial charge < -0.3 is 20.1 Å². The Hall–Kier alpha value is -2.44. The Morgan fingerprint density at radius 1 is 1.03 bits per heavy atom. The number of hydrogen-bond donors (Lipinski definition) is 3. The topological polar surface area (TPSA) is 101 Å². The van der Waals surface area contributed by atoms with E-state index in [0.29, 0.717) is 0 Å². The van der Waals surface area contributed by atoms with Crippen LogP contribution >= 0.6 is 11.8 Å². The van der Waals surface area contributed by atoms with Gasteiger partial charge in [-0.3, -0.25) is 0 Å². The monoisotopic (exact) mass is 453 g/mol. The maximum absolute atomic E-state index is 13.6. The molecule has 0 bridgehead atoms. The first-order valence-corrected chi connectivity index (χ1v) is 10.2. The number of nitrogens with zero attached hydrogens (tertiary/aromatic N) is 3. The largest absolute Gasteiger partial charge is 0.394 e. The van der Waals surface area contributed by atoms with Crippen LogP contribution in [0, 0.1) is 17.5 Å². The van der Waals surface area contributed by atoms with Crippen molar-refractivity contribution in [2.75, 3.05) is 6.61 Å². The molecule has 0 aliphatic carbocycles. The SMILES string of the molecule is OC[C@H]1O[C@H](Sc2ccccc2)[C@H](O)[C@@H](n2cc(-c3cc(F)c(F)c(F)c3)nn2)[C@H]1O. The van der Waals surface area contributed by atoms with Crippen LogP contribution < -0.4 is 0 Å². The van der Waals surface area contributed by atoms with Crippen LogP contribution in [0.4, 0.5) is 13.2 Å². The Balaban J connectivity index is 1.64. The molecule has 5 atom stereocenters. The summed E-state index contributed by atoms with van der Waals surface area (Å²) in [5.41, 5.74) is -0.898. The number of benzene rings is 2. The molecule has 0 saturated carbocycles. The lowest BCUT2D eigenvalue weighted by Crippen LogP contribution is -2.55. The van der Waals surface area contributed by atoms with Crippen molar-refractivity contribution in [3.8, 4) is 11.3 Å². The molecular formula is C20H18F3N3O4S. The van der Waals surface area contributed by atoms with Gasteiger partial charge in [-0.15, -0.1) is 5.10 Å². The molecule has 1 saturated heterocycles. The molecule has 7 nitrogen and oxygen atoms in total. The molecule has 0 amide bonds. The maximum Gasteiger partial charge on any atom is 0.194 e. The van der Waals surface area contributed by atoms with E-state index in [-0.39, 0.29) is 11.3 Å². The number of thioether (sulfide) groups is 1. The summed E-state index contributed by atoms with van der Waals surface area (Å²) in [5.74, 6) is -4.36. The molecule has 1 aromatic heterocycles. The van der Waals surface area contributed by atoms with Gasteiger partial charge in [0.2, 0.25) is 0 Å². The summed E-state index contributed by atoms with van der Waals surface area (Å²) in [7, 11) is 0. The first-order valence-electron chi connectivity index (χ1n) is 9.30. The molecule has 3 aromatic rings. The van der Waals surface area contributed by atoms with Crippen molar-refractivity contribution in [3.63, 3.8) is 0 Å². The fraction of sp³-hybridized carbons (Fsp3) is 0.300. The quantitative estimate of drug-likeness (QED) is 0.509. The Labute approximate surface area is 179 Å². The minimum atomic E-state index is -1.60. The average Bonchev–Trinajstić information content (AvgIpc) is 3.24. The summed E-state index contributed by atoms with van der Waals surface area (Å²) < 4.78 is 47.2. The molecule has 164 valence electrons. The second kappa shape index (κ2) is 8.97. The predicted octanol–water partition coefficient (Wildman–Crippen LogP) is 2.13. The molecule has 0 spiro atoms. The van der Waals surface area contributed by atoms with Crippen LogP contribution in [0.1, 0.15) is 6.04 Å². The number of aliphatic hydroxyl groups excluding tert-OH is 3. The van der Waals surface area contributed by atoms with Gasteiger partial charge in [0, 0.05) is 10.5 Å². The van der Waals surface area contributed by atoms with Gasteiger partial charge in [0.1, 0.15) is 35.5 Å². The summed E-state index contributed by atoms with van der Waals surface area (Å²) >= 11 is 1.20. The highest BCUT2D eigenvalue weighted by molar-refractivity contribution is 7.99. The number of aliphatic hydroxyl groups is 3. The van der Waals surface area contributed by atoms with Crippen LogP contribution in [0.15, 0.2) is 53.6 Å². The van der Waals surface area contributed by atoms with Crippen molar-refractivity contribution in [1.29, 1.82) is 0 Å². The smallest absolute Gasteiger partial charge is 0.194 e. The number of ether oxygens (including phenoxy) is 1. The zero-order valence-corrected chi connectivity index (χ0v) is 16.7. The zero-order chi connectivity index (χ0) is 22.1. The molecular weight excluding hydrogens is 435 g/mol. The summed E-state index contributed by atoms with van der Waals surface area (Å²) in [4.78, 5) is 0.801. The van der Waals surface area contributed by atoms with Gasteiger partial charge in [-0.1, -0.05) is 35.2 Å². The van der Waals surface area contributed by atoms with Crippen LogP contribution in [-0.4, -0.2) is 60.7 Å². The highest BCUT2D eigenvalue weighted by Crippen LogP contribution is 2.38. The number of rotatable bonds is 5. The first kappa shape index (κ1) is 21.8. The second-order valence-corrected chi connectivity index (χ2v) is 8.14. The Morgan fingerprint density at radius 2 is 1.71 bits per heavy atom. The molecule has 2 aromatic carbocycles. The molecule has 2 heterocycles. The van der Waals surface area contributed by atoms with E-state index in [2.05, 4.69) is 10.3 Å². The van der Waals surface area contributed by atoms with Gasteiger partial charge in [-0.05, 0) is 24.3 Å².